The van der Waals surface area contributed by atoms with Gasteiger partial charge < -0.3 is 31.5 Å². The molecule has 0 aliphatic carbocycles. The van der Waals surface area contributed by atoms with Gasteiger partial charge in [0, 0.05) is 10.0 Å². The Morgan fingerprint density at radius 1 is 0.466 bits per heavy atom. The van der Waals surface area contributed by atoms with E-state index in [4.69, 9.17) is 34.7 Å². The minimum Gasteiger partial charge on any atom is -0.507 e. The molecule has 6 rings (SSSR count). The molecule has 4 atom stereocenters. The Kier molecular flexibility index (Phi) is 14.3. The Labute approximate surface area is 346 Å². The Balaban J connectivity index is 0.000000221. The number of primary amides is 2. The van der Waals surface area contributed by atoms with Crippen LogP contribution < -0.4 is 11.5 Å². The Bertz CT molecular complexity index is 2210. The van der Waals surface area contributed by atoms with E-state index in [1.165, 1.54) is 34.1 Å². The number of phenols is 2. The molecule has 0 spiro atoms. The number of carbonyl (C=O) groups is 4. The second-order valence-corrected chi connectivity index (χ2v) is 14.2. The van der Waals surface area contributed by atoms with E-state index in [2.05, 4.69) is 0 Å². The second-order valence-electron chi connectivity index (χ2n) is 13.4. The standard InChI is InChI=1S/2C23H21ClN2O3/c2*1-15(17-10-7-11-18(24)14-17)26(23(29)19-12-5-6-13-20(19)27)21(22(25)28)16-8-3-2-4-9-16/h2*2-15,21,27H,1H3,(H2,25,28)/t15-,21+;15-,21-/m11/s1. The van der Waals surface area contributed by atoms with Crippen LogP contribution in [0.3, 0.4) is 0 Å². The van der Waals surface area contributed by atoms with Gasteiger partial charge in [0.1, 0.15) is 23.6 Å². The normalized spacial score (nSPS) is 12.8. The molecule has 0 unspecified atom stereocenters. The van der Waals surface area contributed by atoms with E-state index in [0.29, 0.717) is 21.2 Å². The topological polar surface area (TPSA) is 167 Å². The number of amides is 4. The first-order valence-corrected chi connectivity index (χ1v) is 19.0. The Morgan fingerprint density at radius 2 is 0.776 bits per heavy atom. The molecular formula is C46H42Cl2N4O6. The number of para-hydroxylation sites is 2. The maximum atomic E-state index is 13.5. The van der Waals surface area contributed by atoms with E-state index in [1.54, 1.807) is 123 Å². The van der Waals surface area contributed by atoms with E-state index in [9.17, 15) is 29.4 Å². The van der Waals surface area contributed by atoms with Crippen molar-refractivity contribution >= 4 is 46.8 Å². The van der Waals surface area contributed by atoms with Crippen molar-refractivity contribution in [3.8, 4) is 11.5 Å². The summed E-state index contributed by atoms with van der Waals surface area (Å²) >= 11 is 12.3. The number of nitrogens with two attached hydrogens (primary N) is 2. The molecule has 0 saturated heterocycles. The minimum atomic E-state index is -1.03. The van der Waals surface area contributed by atoms with Crippen molar-refractivity contribution < 1.29 is 29.4 Å². The number of hydrogen-bond acceptors (Lipinski definition) is 6. The van der Waals surface area contributed by atoms with Crippen LogP contribution in [0.25, 0.3) is 0 Å². The molecule has 0 aliphatic rings. The summed E-state index contributed by atoms with van der Waals surface area (Å²) in [7, 11) is 0. The minimum absolute atomic E-state index is 0.0866. The number of phenolic OH excluding ortho intramolecular Hbond substituents is 2. The van der Waals surface area contributed by atoms with Crippen molar-refractivity contribution in [3.05, 3.63) is 201 Å². The molecule has 0 heterocycles. The lowest BCUT2D eigenvalue weighted by Crippen LogP contribution is -2.43. The lowest BCUT2D eigenvalue weighted by atomic mass is 9.98. The smallest absolute Gasteiger partial charge is 0.259 e. The molecule has 6 aromatic rings. The van der Waals surface area contributed by atoms with Crippen molar-refractivity contribution in [2.75, 3.05) is 0 Å². The summed E-state index contributed by atoms with van der Waals surface area (Å²) in [6, 6.07) is 41.1. The Hall–Kier alpha value is -6.62. The molecule has 0 aliphatic heterocycles. The van der Waals surface area contributed by atoms with Gasteiger partial charge in [-0.25, -0.2) is 0 Å². The van der Waals surface area contributed by atoms with Gasteiger partial charge in [-0.2, -0.15) is 0 Å². The van der Waals surface area contributed by atoms with Crippen LogP contribution in [0.5, 0.6) is 11.5 Å². The van der Waals surface area contributed by atoms with Gasteiger partial charge in [-0.05, 0) is 84.6 Å². The van der Waals surface area contributed by atoms with Gasteiger partial charge in [0.25, 0.3) is 11.8 Å². The van der Waals surface area contributed by atoms with Crippen molar-refractivity contribution in [2.24, 2.45) is 11.5 Å². The van der Waals surface area contributed by atoms with E-state index in [-0.39, 0.29) is 22.6 Å². The number of halogens is 2. The lowest BCUT2D eigenvalue weighted by Gasteiger charge is -2.35. The van der Waals surface area contributed by atoms with Gasteiger partial charge in [-0.1, -0.05) is 132 Å². The van der Waals surface area contributed by atoms with Crippen molar-refractivity contribution in [1.29, 1.82) is 0 Å². The molecule has 0 aromatic heterocycles. The Morgan fingerprint density at radius 3 is 1.09 bits per heavy atom. The van der Waals surface area contributed by atoms with Gasteiger partial charge in [0.15, 0.2) is 0 Å². The molecule has 12 heteroatoms. The first-order valence-electron chi connectivity index (χ1n) is 18.2. The summed E-state index contributed by atoms with van der Waals surface area (Å²) in [5, 5.41) is 21.5. The summed E-state index contributed by atoms with van der Waals surface area (Å²) < 4.78 is 0. The molecular weight excluding hydrogens is 775 g/mol. The van der Waals surface area contributed by atoms with Gasteiger partial charge in [0.2, 0.25) is 11.8 Å². The lowest BCUT2D eigenvalue weighted by molar-refractivity contribution is -0.124. The SMILES string of the molecule is C[C@H](c1cccc(Cl)c1)N(C(=O)c1ccccc1O)[C@@H](C(N)=O)c1ccccc1.C[C@H](c1cccc(Cl)c1)N(C(=O)c1ccccc1O)[C@H](C(N)=O)c1ccccc1. The average molecular weight is 818 g/mol. The van der Waals surface area contributed by atoms with Gasteiger partial charge >= 0.3 is 0 Å². The zero-order chi connectivity index (χ0) is 41.9. The molecule has 4 amide bonds. The van der Waals surface area contributed by atoms with Crippen LogP contribution >= 0.6 is 23.2 Å². The third kappa shape index (κ3) is 10.0. The third-order valence-electron chi connectivity index (χ3n) is 9.56. The van der Waals surface area contributed by atoms with Gasteiger partial charge in [-0.3, -0.25) is 19.2 Å². The summed E-state index contributed by atoms with van der Waals surface area (Å²) in [5.41, 5.74) is 14.3. The molecule has 0 fully saturated rings. The van der Waals surface area contributed by atoms with Crippen LogP contribution in [0.2, 0.25) is 10.0 Å². The van der Waals surface area contributed by atoms with E-state index in [0.717, 1.165) is 11.1 Å². The summed E-state index contributed by atoms with van der Waals surface area (Å²) in [5.74, 6) is -2.71. The molecule has 10 nitrogen and oxygen atoms in total. The van der Waals surface area contributed by atoms with Crippen LogP contribution in [-0.4, -0.2) is 43.6 Å². The van der Waals surface area contributed by atoms with Gasteiger partial charge in [-0.15, -0.1) is 0 Å². The number of benzene rings is 6. The van der Waals surface area contributed by atoms with Crippen LogP contribution in [0.1, 0.15) is 81.0 Å². The zero-order valence-corrected chi connectivity index (χ0v) is 33.2. The summed E-state index contributed by atoms with van der Waals surface area (Å²) in [4.78, 5) is 54.8. The molecule has 0 radical (unpaired) electrons. The van der Waals surface area contributed by atoms with Crippen LogP contribution in [-0.2, 0) is 9.59 Å². The summed E-state index contributed by atoms with van der Waals surface area (Å²) in [6.07, 6.45) is 0. The highest BCUT2D eigenvalue weighted by molar-refractivity contribution is 6.31. The van der Waals surface area contributed by atoms with Crippen LogP contribution in [0.15, 0.2) is 158 Å². The fourth-order valence-electron chi connectivity index (χ4n) is 6.67. The first-order chi connectivity index (χ1) is 27.8. The monoisotopic (exact) mass is 816 g/mol. The predicted octanol–water partition coefficient (Wildman–Crippen LogP) is 8.95. The zero-order valence-electron chi connectivity index (χ0n) is 31.7. The maximum absolute atomic E-state index is 13.5. The fraction of sp³-hybridized carbons (Fsp3) is 0.130. The highest BCUT2D eigenvalue weighted by Gasteiger charge is 2.37. The van der Waals surface area contributed by atoms with E-state index < -0.39 is 47.8 Å². The van der Waals surface area contributed by atoms with Crippen molar-refractivity contribution in [3.63, 3.8) is 0 Å². The van der Waals surface area contributed by atoms with E-state index >= 15 is 0 Å². The highest BCUT2D eigenvalue weighted by Crippen LogP contribution is 2.36. The quantitative estimate of drug-likeness (QED) is 0.0962. The largest absolute Gasteiger partial charge is 0.507 e. The number of aromatic hydroxyl groups is 2. The third-order valence-corrected chi connectivity index (χ3v) is 10.0. The van der Waals surface area contributed by atoms with Crippen molar-refractivity contribution in [1.82, 2.24) is 9.80 Å². The number of rotatable bonds is 12. The van der Waals surface area contributed by atoms with Crippen LogP contribution in [0, 0.1) is 0 Å². The average Bonchev–Trinajstić information content (AvgIpc) is 3.22. The number of carbonyl (C=O) groups excluding carboxylic acids is 4. The molecule has 0 saturated carbocycles. The fourth-order valence-corrected chi connectivity index (χ4v) is 7.07. The summed E-state index contributed by atoms with van der Waals surface area (Å²) in [6.45, 7) is 3.59. The van der Waals surface area contributed by atoms with Gasteiger partial charge in [0.05, 0.1) is 23.2 Å². The first kappa shape index (κ1) is 42.5. The van der Waals surface area contributed by atoms with Crippen molar-refractivity contribution in [2.45, 2.75) is 38.0 Å². The molecule has 6 N–H and O–H groups in total. The predicted molar refractivity (Wildman–Crippen MR) is 225 cm³/mol. The second kappa shape index (κ2) is 19.5. The molecule has 296 valence electrons. The molecule has 0 bridgehead atoms. The molecule has 58 heavy (non-hydrogen) atoms. The number of nitrogens with zero attached hydrogens (tertiary/aromatic N) is 2. The van der Waals surface area contributed by atoms with Crippen LogP contribution in [0.4, 0.5) is 0 Å². The van der Waals surface area contributed by atoms with E-state index in [1.807, 2.05) is 24.3 Å². The highest BCUT2D eigenvalue weighted by atomic mass is 35.5. The number of hydrogen-bond donors (Lipinski definition) is 4. The molecule has 6 aromatic carbocycles. The maximum Gasteiger partial charge on any atom is 0.259 e.